The van der Waals surface area contributed by atoms with E-state index >= 15 is 0 Å². The first-order chi connectivity index (χ1) is 13.1. The summed E-state index contributed by atoms with van der Waals surface area (Å²) in [6.07, 6.45) is 1.66. The van der Waals surface area contributed by atoms with Crippen molar-refractivity contribution in [3.8, 4) is 6.07 Å². The second-order valence-corrected chi connectivity index (χ2v) is 6.53. The molecule has 1 heterocycles. The lowest BCUT2D eigenvalue weighted by Crippen LogP contribution is -2.43. The van der Waals surface area contributed by atoms with Crippen LogP contribution in [0.15, 0.2) is 66.4 Å². The van der Waals surface area contributed by atoms with Crippen molar-refractivity contribution in [2.75, 3.05) is 37.2 Å². The van der Waals surface area contributed by atoms with Crippen LogP contribution in [0, 0.1) is 11.3 Å². The predicted octanol–water partition coefficient (Wildman–Crippen LogP) is 2.43. The zero-order chi connectivity index (χ0) is 19.1. The molecular formula is C21H23N5O. The fraction of sp³-hybridized carbons (Fsp3) is 0.238. The molecule has 0 unspecified atom stereocenters. The zero-order valence-electron chi connectivity index (χ0n) is 15.1. The Kier molecular flexibility index (Phi) is 6.08. The largest absolute Gasteiger partial charge is 0.399 e. The van der Waals surface area contributed by atoms with Crippen molar-refractivity contribution in [2.24, 2.45) is 0 Å². The Morgan fingerprint density at radius 1 is 1.07 bits per heavy atom. The molecule has 3 N–H and O–H groups in total. The van der Waals surface area contributed by atoms with E-state index in [-0.39, 0.29) is 5.57 Å². The second-order valence-electron chi connectivity index (χ2n) is 6.53. The zero-order valence-corrected chi connectivity index (χ0v) is 15.1. The minimum absolute atomic E-state index is 0.100. The normalized spacial score (nSPS) is 15.2. The van der Waals surface area contributed by atoms with Crippen LogP contribution in [0.25, 0.3) is 0 Å². The highest BCUT2D eigenvalue weighted by Crippen LogP contribution is 2.13. The molecule has 1 saturated heterocycles. The maximum atomic E-state index is 12.3. The average molecular weight is 361 g/mol. The standard InChI is InChI=1S/C21H23N5O/c22-14-18(21(27)24-20-8-6-19(23)7-9-20)16-26-12-10-25(11-13-26)15-17-4-2-1-3-5-17/h1-9,16H,10-13,15,23H2,(H,24,27)/b18-16-. The lowest BCUT2D eigenvalue weighted by Gasteiger charge is -2.34. The number of anilines is 2. The molecule has 1 aliphatic rings. The third-order valence-corrected chi connectivity index (χ3v) is 4.50. The molecular weight excluding hydrogens is 338 g/mol. The van der Waals surface area contributed by atoms with Crippen molar-refractivity contribution in [2.45, 2.75) is 6.54 Å². The molecule has 0 spiro atoms. The van der Waals surface area contributed by atoms with Crippen molar-refractivity contribution in [3.05, 3.63) is 71.9 Å². The Labute approximate surface area is 159 Å². The fourth-order valence-electron chi connectivity index (χ4n) is 2.98. The summed E-state index contributed by atoms with van der Waals surface area (Å²) in [7, 11) is 0. The van der Waals surface area contributed by atoms with Crippen LogP contribution in [0.2, 0.25) is 0 Å². The summed E-state index contributed by atoms with van der Waals surface area (Å²) in [5.74, 6) is -0.408. The third kappa shape index (κ3) is 5.33. The smallest absolute Gasteiger partial charge is 0.267 e. The molecule has 3 rings (SSSR count). The number of carbonyl (C=O) groups excluding carboxylic acids is 1. The Bertz CT molecular complexity index is 831. The molecule has 6 nitrogen and oxygen atoms in total. The Morgan fingerprint density at radius 2 is 1.74 bits per heavy atom. The molecule has 6 heteroatoms. The highest BCUT2D eigenvalue weighted by Gasteiger charge is 2.17. The number of nitrogens with two attached hydrogens (primary N) is 1. The quantitative estimate of drug-likeness (QED) is 0.485. The van der Waals surface area contributed by atoms with Gasteiger partial charge in [-0.15, -0.1) is 0 Å². The molecule has 2 aromatic rings. The summed E-state index contributed by atoms with van der Waals surface area (Å²) in [4.78, 5) is 16.7. The fourth-order valence-corrected chi connectivity index (χ4v) is 2.98. The average Bonchev–Trinajstić information content (AvgIpc) is 2.70. The van der Waals surface area contributed by atoms with Crippen molar-refractivity contribution >= 4 is 17.3 Å². The number of nitriles is 1. The number of amides is 1. The van der Waals surface area contributed by atoms with Crippen LogP contribution >= 0.6 is 0 Å². The number of carbonyl (C=O) groups is 1. The summed E-state index contributed by atoms with van der Waals surface area (Å²) in [6.45, 7) is 4.27. The summed E-state index contributed by atoms with van der Waals surface area (Å²) < 4.78 is 0. The number of piperazine rings is 1. The number of rotatable bonds is 5. The van der Waals surface area contributed by atoms with Crippen molar-refractivity contribution < 1.29 is 4.79 Å². The van der Waals surface area contributed by atoms with E-state index < -0.39 is 5.91 Å². The van der Waals surface area contributed by atoms with Crippen LogP contribution in [0.1, 0.15) is 5.56 Å². The molecule has 0 saturated carbocycles. The van der Waals surface area contributed by atoms with Crippen LogP contribution in [0.4, 0.5) is 11.4 Å². The Morgan fingerprint density at radius 3 is 2.37 bits per heavy atom. The van der Waals surface area contributed by atoms with Gasteiger partial charge in [0.25, 0.3) is 5.91 Å². The summed E-state index contributed by atoms with van der Waals surface area (Å²) in [5.41, 5.74) is 8.27. The predicted molar refractivity (Wildman–Crippen MR) is 106 cm³/mol. The highest BCUT2D eigenvalue weighted by atomic mass is 16.1. The van der Waals surface area contributed by atoms with E-state index in [4.69, 9.17) is 5.73 Å². The number of nitrogens with one attached hydrogen (secondary N) is 1. The molecule has 1 amide bonds. The molecule has 0 aromatic heterocycles. The summed E-state index contributed by atoms with van der Waals surface area (Å²) >= 11 is 0. The van der Waals surface area contributed by atoms with E-state index in [0.29, 0.717) is 11.4 Å². The molecule has 27 heavy (non-hydrogen) atoms. The first kappa shape index (κ1) is 18.5. The maximum absolute atomic E-state index is 12.3. The van der Waals surface area contributed by atoms with E-state index in [0.717, 1.165) is 32.7 Å². The lowest BCUT2D eigenvalue weighted by molar-refractivity contribution is -0.112. The number of hydrogen-bond donors (Lipinski definition) is 2. The first-order valence-electron chi connectivity index (χ1n) is 8.93. The number of hydrogen-bond acceptors (Lipinski definition) is 5. The number of nitrogens with zero attached hydrogens (tertiary/aromatic N) is 3. The van der Waals surface area contributed by atoms with Gasteiger partial charge in [0.2, 0.25) is 0 Å². The molecule has 1 aliphatic heterocycles. The minimum Gasteiger partial charge on any atom is -0.399 e. The SMILES string of the molecule is N#C/C(=C/N1CCN(Cc2ccccc2)CC1)C(=O)Nc1ccc(N)cc1. The van der Waals surface area contributed by atoms with Crippen LogP contribution in [0.3, 0.4) is 0 Å². The molecule has 0 radical (unpaired) electrons. The molecule has 2 aromatic carbocycles. The molecule has 1 fully saturated rings. The molecule has 138 valence electrons. The van der Waals surface area contributed by atoms with Crippen LogP contribution < -0.4 is 11.1 Å². The van der Waals surface area contributed by atoms with Crippen molar-refractivity contribution in [1.29, 1.82) is 5.26 Å². The Balaban J connectivity index is 1.54. The monoisotopic (exact) mass is 361 g/mol. The van der Waals surface area contributed by atoms with Gasteiger partial charge < -0.3 is 16.0 Å². The lowest BCUT2D eigenvalue weighted by atomic mass is 10.2. The molecule has 0 atom stereocenters. The second kappa shape index (κ2) is 8.88. The van der Waals surface area contributed by atoms with Crippen molar-refractivity contribution in [1.82, 2.24) is 9.80 Å². The van der Waals surface area contributed by atoms with Gasteiger partial charge in [-0.3, -0.25) is 9.69 Å². The van der Waals surface area contributed by atoms with Gasteiger partial charge in [0.05, 0.1) is 0 Å². The van der Waals surface area contributed by atoms with Gasteiger partial charge in [0.1, 0.15) is 11.6 Å². The minimum atomic E-state index is -0.408. The van der Waals surface area contributed by atoms with Crippen molar-refractivity contribution in [3.63, 3.8) is 0 Å². The van der Waals surface area contributed by atoms with E-state index in [9.17, 15) is 10.1 Å². The van der Waals surface area contributed by atoms with Gasteiger partial charge in [-0.1, -0.05) is 30.3 Å². The van der Waals surface area contributed by atoms with E-state index in [1.807, 2.05) is 29.2 Å². The summed E-state index contributed by atoms with van der Waals surface area (Å²) in [5, 5.41) is 12.1. The van der Waals surface area contributed by atoms with Gasteiger partial charge in [-0.2, -0.15) is 5.26 Å². The van der Waals surface area contributed by atoms with E-state index in [1.165, 1.54) is 5.56 Å². The van der Waals surface area contributed by atoms with E-state index in [1.54, 1.807) is 30.5 Å². The Hall–Kier alpha value is -3.30. The molecule has 0 aliphatic carbocycles. The van der Waals surface area contributed by atoms with Gasteiger partial charge in [-0.25, -0.2) is 0 Å². The van der Waals surface area contributed by atoms with Gasteiger partial charge in [-0.05, 0) is 29.8 Å². The van der Waals surface area contributed by atoms with Crippen LogP contribution in [-0.4, -0.2) is 41.9 Å². The maximum Gasteiger partial charge on any atom is 0.267 e. The number of benzene rings is 2. The first-order valence-corrected chi connectivity index (χ1v) is 8.93. The van der Waals surface area contributed by atoms with Gasteiger partial charge >= 0.3 is 0 Å². The van der Waals surface area contributed by atoms with Gasteiger partial charge in [0, 0.05) is 50.3 Å². The highest BCUT2D eigenvalue weighted by molar-refractivity contribution is 6.06. The number of nitrogen functional groups attached to an aromatic ring is 1. The topological polar surface area (TPSA) is 85.4 Å². The molecule has 0 bridgehead atoms. The van der Waals surface area contributed by atoms with Crippen LogP contribution in [-0.2, 0) is 11.3 Å². The third-order valence-electron chi connectivity index (χ3n) is 4.50. The van der Waals surface area contributed by atoms with Gasteiger partial charge in [0.15, 0.2) is 0 Å². The van der Waals surface area contributed by atoms with Crippen LogP contribution in [0.5, 0.6) is 0 Å². The summed E-state index contributed by atoms with van der Waals surface area (Å²) in [6, 6.07) is 19.2. The van der Waals surface area contributed by atoms with E-state index in [2.05, 4.69) is 22.3 Å².